The number of ether oxygens (including phenoxy) is 1. The SMILES string of the molecule is COC(=O)c1ccc(C(=O)N2CCN(S(=O)(=O)c3cc(F)ccc3F)CC2)cc1. The molecule has 0 saturated carbocycles. The fourth-order valence-corrected chi connectivity index (χ4v) is 4.49. The Morgan fingerprint density at radius 2 is 1.52 bits per heavy atom. The molecule has 0 bridgehead atoms. The van der Waals surface area contributed by atoms with E-state index in [1.54, 1.807) is 0 Å². The first-order valence-electron chi connectivity index (χ1n) is 8.67. The van der Waals surface area contributed by atoms with Crippen molar-refractivity contribution in [3.63, 3.8) is 0 Å². The average Bonchev–Trinajstić information content (AvgIpc) is 2.74. The molecule has 29 heavy (non-hydrogen) atoms. The fourth-order valence-electron chi connectivity index (χ4n) is 2.99. The van der Waals surface area contributed by atoms with Crippen LogP contribution in [0.2, 0.25) is 0 Å². The topological polar surface area (TPSA) is 84.0 Å². The highest BCUT2D eigenvalue weighted by atomic mass is 32.2. The number of rotatable bonds is 4. The predicted octanol–water partition coefficient (Wildman–Crippen LogP) is 1.90. The molecule has 0 aliphatic carbocycles. The summed E-state index contributed by atoms with van der Waals surface area (Å²) in [4.78, 5) is 24.8. The van der Waals surface area contributed by atoms with Crippen molar-refractivity contribution in [1.29, 1.82) is 0 Å². The zero-order chi connectivity index (χ0) is 21.2. The van der Waals surface area contributed by atoms with Crippen LogP contribution in [-0.4, -0.2) is 62.8 Å². The first-order valence-corrected chi connectivity index (χ1v) is 10.1. The molecule has 0 radical (unpaired) electrons. The van der Waals surface area contributed by atoms with Gasteiger partial charge in [-0.05, 0) is 42.5 Å². The van der Waals surface area contributed by atoms with Crippen molar-refractivity contribution < 1.29 is 31.5 Å². The summed E-state index contributed by atoms with van der Waals surface area (Å²) in [7, 11) is -2.96. The van der Waals surface area contributed by atoms with Crippen LogP contribution in [0, 0.1) is 11.6 Å². The van der Waals surface area contributed by atoms with Gasteiger partial charge in [0.2, 0.25) is 10.0 Å². The van der Waals surface area contributed by atoms with Gasteiger partial charge in [-0.25, -0.2) is 22.0 Å². The van der Waals surface area contributed by atoms with Gasteiger partial charge in [-0.2, -0.15) is 4.31 Å². The summed E-state index contributed by atoms with van der Waals surface area (Å²) >= 11 is 0. The van der Waals surface area contributed by atoms with Crippen LogP contribution >= 0.6 is 0 Å². The molecule has 3 rings (SSSR count). The smallest absolute Gasteiger partial charge is 0.337 e. The summed E-state index contributed by atoms with van der Waals surface area (Å²) in [6, 6.07) is 8.15. The van der Waals surface area contributed by atoms with Crippen molar-refractivity contribution in [1.82, 2.24) is 9.21 Å². The Balaban J connectivity index is 1.69. The first-order chi connectivity index (χ1) is 13.7. The maximum atomic E-state index is 13.9. The number of carbonyl (C=O) groups is 2. The minimum atomic E-state index is -4.22. The van der Waals surface area contributed by atoms with Gasteiger partial charge in [0.05, 0.1) is 12.7 Å². The molecule has 1 heterocycles. The van der Waals surface area contributed by atoms with Crippen LogP contribution in [0.4, 0.5) is 8.78 Å². The van der Waals surface area contributed by atoms with E-state index in [-0.39, 0.29) is 32.1 Å². The molecule has 1 aliphatic rings. The highest BCUT2D eigenvalue weighted by Crippen LogP contribution is 2.22. The minimum Gasteiger partial charge on any atom is -0.465 e. The van der Waals surface area contributed by atoms with Gasteiger partial charge >= 0.3 is 5.97 Å². The fraction of sp³-hybridized carbons (Fsp3) is 0.263. The largest absolute Gasteiger partial charge is 0.465 e. The van der Waals surface area contributed by atoms with Crippen LogP contribution in [0.3, 0.4) is 0 Å². The van der Waals surface area contributed by atoms with Crippen molar-refractivity contribution >= 4 is 21.9 Å². The van der Waals surface area contributed by atoms with Crippen molar-refractivity contribution in [2.75, 3.05) is 33.3 Å². The molecule has 7 nitrogen and oxygen atoms in total. The molecule has 1 saturated heterocycles. The van der Waals surface area contributed by atoms with E-state index in [0.29, 0.717) is 17.2 Å². The highest BCUT2D eigenvalue weighted by Gasteiger charge is 2.32. The Bertz CT molecular complexity index is 1030. The third-order valence-corrected chi connectivity index (χ3v) is 6.50. The van der Waals surface area contributed by atoms with Gasteiger partial charge in [0.1, 0.15) is 16.5 Å². The van der Waals surface area contributed by atoms with E-state index in [0.717, 1.165) is 16.4 Å². The summed E-state index contributed by atoms with van der Waals surface area (Å²) in [6.07, 6.45) is 0. The lowest BCUT2D eigenvalue weighted by atomic mass is 10.1. The van der Waals surface area contributed by atoms with Crippen LogP contribution in [-0.2, 0) is 14.8 Å². The normalized spacial score (nSPS) is 15.2. The summed E-state index contributed by atoms with van der Waals surface area (Å²) in [5.41, 5.74) is 0.641. The number of methoxy groups -OCH3 is 1. The molecule has 0 atom stereocenters. The zero-order valence-corrected chi connectivity index (χ0v) is 16.3. The molecule has 0 N–H and O–H groups in total. The van der Waals surface area contributed by atoms with E-state index >= 15 is 0 Å². The predicted molar refractivity (Wildman–Crippen MR) is 98.8 cm³/mol. The van der Waals surface area contributed by atoms with E-state index in [9.17, 15) is 26.8 Å². The number of sulfonamides is 1. The molecule has 1 amide bonds. The van der Waals surface area contributed by atoms with Crippen LogP contribution in [0.1, 0.15) is 20.7 Å². The number of piperazine rings is 1. The first kappa shape index (κ1) is 20.9. The van der Waals surface area contributed by atoms with E-state index in [4.69, 9.17) is 0 Å². The zero-order valence-electron chi connectivity index (χ0n) is 15.5. The molecule has 2 aromatic rings. The van der Waals surface area contributed by atoms with Gasteiger partial charge in [0, 0.05) is 31.7 Å². The van der Waals surface area contributed by atoms with E-state index in [1.165, 1.54) is 36.3 Å². The second kappa shape index (κ2) is 8.26. The second-order valence-corrected chi connectivity index (χ2v) is 8.25. The van der Waals surface area contributed by atoms with Gasteiger partial charge in [0.25, 0.3) is 5.91 Å². The quantitative estimate of drug-likeness (QED) is 0.700. The second-order valence-electron chi connectivity index (χ2n) is 6.34. The summed E-state index contributed by atoms with van der Waals surface area (Å²) in [6.45, 7) is 0.0794. The molecular weight excluding hydrogens is 406 g/mol. The Labute approximate surface area is 166 Å². The highest BCUT2D eigenvalue weighted by molar-refractivity contribution is 7.89. The third kappa shape index (κ3) is 4.28. The average molecular weight is 424 g/mol. The van der Waals surface area contributed by atoms with Gasteiger partial charge in [-0.1, -0.05) is 0 Å². The van der Waals surface area contributed by atoms with Crippen LogP contribution in [0.25, 0.3) is 0 Å². The lowest BCUT2D eigenvalue weighted by Gasteiger charge is -2.34. The monoisotopic (exact) mass is 424 g/mol. The van der Waals surface area contributed by atoms with Gasteiger partial charge < -0.3 is 9.64 Å². The Morgan fingerprint density at radius 1 is 0.931 bits per heavy atom. The number of nitrogens with zero attached hydrogens (tertiary/aromatic N) is 2. The third-order valence-electron chi connectivity index (χ3n) is 4.59. The number of esters is 1. The van der Waals surface area contributed by atoms with E-state index in [1.807, 2.05) is 0 Å². The van der Waals surface area contributed by atoms with Gasteiger partial charge in [0.15, 0.2) is 0 Å². The van der Waals surface area contributed by atoms with Gasteiger partial charge in [-0.15, -0.1) is 0 Å². The maximum Gasteiger partial charge on any atom is 0.337 e. The van der Waals surface area contributed by atoms with Crippen molar-refractivity contribution in [2.24, 2.45) is 0 Å². The number of amides is 1. The van der Waals surface area contributed by atoms with E-state index < -0.39 is 32.5 Å². The standard InChI is InChI=1S/C19H18F2N2O5S/c1-28-19(25)14-4-2-13(3-5-14)18(24)22-8-10-23(11-9-22)29(26,27)17-12-15(20)6-7-16(17)21/h2-7,12H,8-11H2,1H3. The van der Waals surface area contributed by atoms with E-state index in [2.05, 4.69) is 4.74 Å². The summed E-state index contributed by atoms with van der Waals surface area (Å²) in [5, 5.41) is 0. The Kier molecular flexibility index (Phi) is 5.94. The Hall–Kier alpha value is -2.85. The number of halogens is 2. The molecule has 0 aromatic heterocycles. The molecule has 154 valence electrons. The van der Waals surface area contributed by atoms with Crippen LogP contribution in [0.5, 0.6) is 0 Å². The molecule has 1 fully saturated rings. The molecule has 0 spiro atoms. The molecule has 2 aromatic carbocycles. The lowest BCUT2D eigenvalue weighted by Crippen LogP contribution is -2.50. The minimum absolute atomic E-state index is 0.0513. The Morgan fingerprint density at radius 3 is 2.10 bits per heavy atom. The molecule has 1 aliphatic heterocycles. The molecule has 10 heteroatoms. The number of hydrogen-bond acceptors (Lipinski definition) is 5. The van der Waals surface area contributed by atoms with Crippen LogP contribution < -0.4 is 0 Å². The maximum absolute atomic E-state index is 13.9. The number of hydrogen-bond donors (Lipinski definition) is 0. The van der Waals surface area contributed by atoms with Crippen LogP contribution in [0.15, 0.2) is 47.4 Å². The summed E-state index contributed by atoms with van der Waals surface area (Å²) in [5.74, 6) is -2.73. The lowest BCUT2D eigenvalue weighted by molar-refractivity contribution is 0.0599. The number of carbonyl (C=O) groups excluding carboxylic acids is 2. The van der Waals surface area contributed by atoms with Crippen molar-refractivity contribution in [2.45, 2.75) is 4.90 Å². The summed E-state index contributed by atoms with van der Waals surface area (Å²) < 4.78 is 58.1. The molecule has 0 unspecified atom stereocenters. The number of benzene rings is 2. The van der Waals surface area contributed by atoms with Crippen molar-refractivity contribution in [3.05, 3.63) is 65.2 Å². The molecular formula is C19H18F2N2O5S. The van der Waals surface area contributed by atoms with Crippen molar-refractivity contribution in [3.8, 4) is 0 Å². The van der Waals surface area contributed by atoms with Gasteiger partial charge in [-0.3, -0.25) is 4.79 Å².